The summed E-state index contributed by atoms with van der Waals surface area (Å²) in [5, 5.41) is 28.1. The molecule has 2 aliphatic rings. The van der Waals surface area contributed by atoms with E-state index in [4.69, 9.17) is 9.84 Å². The first-order valence-electron chi connectivity index (χ1n) is 10.9. The summed E-state index contributed by atoms with van der Waals surface area (Å²) in [5.74, 6) is -2.31. The molecule has 1 heterocycles. The summed E-state index contributed by atoms with van der Waals surface area (Å²) in [6.07, 6.45) is 12.8. The lowest BCUT2D eigenvalue weighted by atomic mass is 9.89. The van der Waals surface area contributed by atoms with Gasteiger partial charge >= 0.3 is 0 Å². The average Bonchev–Trinajstić information content (AvgIpc) is 3.24. The van der Waals surface area contributed by atoms with Crippen molar-refractivity contribution in [2.45, 2.75) is 89.1 Å². The van der Waals surface area contributed by atoms with Crippen LogP contribution in [0.5, 0.6) is 0 Å². The van der Waals surface area contributed by atoms with Gasteiger partial charge in [-0.15, -0.1) is 0 Å². The minimum atomic E-state index is -2.45. The topological polar surface area (TPSA) is 87.0 Å². The molecule has 0 spiro atoms. The van der Waals surface area contributed by atoms with Gasteiger partial charge in [0.05, 0.1) is 18.9 Å². The van der Waals surface area contributed by atoms with E-state index in [-0.39, 0.29) is 31.2 Å². The Morgan fingerprint density at radius 3 is 2.79 bits per heavy atom. The Hall–Kier alpha value is -0.820. The molecule has 1 saturated heterocycles. The summed E-state index contributed by atoms with van der Waals surface area (Å²) >= 11 is 0. The highest BCUT2D eigenvalue weighted by atomic mass is 19.1. The van der Waals surface area contributed by atoms with Crippen LogP contribution in [0.25, 0.3) is 0 Å². The molecule has 1 aliphatic heterocycles. The molecule has 2 fully saturated rings. The Morgan fingerprint density at radius 1 is 1.32 bits per heavy atom. The molecule has 0 bridgehead atoms. The summed E-state index contributed by atoms with van der Waals surface area (Å²) in [7, 11) is 0. The van der Waals surface area contributed by atoms with Crippen molar-refractivity contribution in [2.24, 2.45) is 17.8 Å². The van der Waals surface area contributed by atoms with E-state index in [9.17, 15) is 19.4 Å². The summed E-state index contributed by atoms with van der Waals surface area (Å²) in [6, 6.07) is 0. The molecule has 0 amide bonds. The number of halogens is 1. The van der Waals surface area contributed by atoms with Crippen LogP contribution in [0.4, 0.5) is 4.39 Å². The van der Waals surface area contributed by atoms with E-state index in [0.717, 1.165) is 44.9 Å². The molecule has 1 saturated carbocycles. The lowest BCUT2D eigenvalue weighted by Gasteiger charge is -2.20. The second-order valence-corrected chi connectivity index (χ2v) is 8.55. The molecule has 0 aromatic heterocycles. The number of alkyl halides is 1. The van der Waals surface area contributed by atoms with Gasteiger partial charge in [0.15, 0.2) is 0 Å². The van der Waals surface area contributed by atoms with Gasteiger partial charge in [0.25, 0.3) is 0 Å². The molecule has 0 aromatic rings. The van der Waals surface area contributed by atoms with Crippen LogP contribution in [0.15, 0.2) is 12.2 Å². The van der Waals surface area contributed by atoms with Crippen molar-refractivity contribution in [1.82, 2.24) is 0 Å². The van der Waals surface area contributed by atoms with Crippen molar-refractivity contribution in [3.05, 3.63) is 12.2 Å². The van der Waals surface area contributed by atoms with E-state index in [1.807, 2.05) is 0 Å². The maximum Gasteiger partial charge on any atom is 0.226 e. The van der Waals surface area contributed by atoms with Crippen LogP contribution in [-0.2, 0) is 9.53 Å². The van der Waals surface area contributed by atoms with Crippen LogP contribution in [-0.4, -0.2) is 52.4 Å². The fourth-order valence-electron chi connectivity index (χ4n) is 4.63. The summed E-state index contributed by atoms with van der Waals surface area (Å²) < 4.78 is 19.2. The van der Waals surface area contributed by atoms with Crippen molar-refractivity contribution >= 4 is 5.78 Å². The summed E-state index contributed by atoms with van der Waals surface area (Å²) in [6.45, 7) is 1.01. The number of aliphatic hydroxyl groups excluding tert-OH is 1. The first-order chi connectivity index (χ1) is 13.4. The molecule has 6 heteroatoms. The zero-order valence-electron chi connectivity index (χ0n) is 17.1. The monoisotopic (exact) mass is 400 g/mol. The van der Waals surface area contributed by atoms with E-state index in [1.165, 1.54) is 0 Å². The number of carbonyl (C=O) groups is 1. The predicted octanol–water partition coefficient (Wildman–Crippen LogP) is 3.30. The lowest BCUT2D eigenvalue weighted by molar-refractivity contribution is -0.188. The number of hydrogen-bond donors (Lipinski definition) is 3. The maximum atomic E-state index is 13.1. The van der Waals surface area contributed by atoms with Crippen LogP contribution in [0.3, 0.4) is 0 Å². The van der Waals surface area contributed by atoms with Crippen LogP contribution in [0.1, 0.15) is 71.1 Å². The van der Waals surface area contributed by atoms with Gasteiger partial charge in [-0.1, -0.05) is 31.9 Å². The third-order valence-electron chi connectivity index (χ3n) is 6.39. The second-order valence-electron chi connectivity index (χ2n) is 8.55. The molecule has 5 atom stereocenters. The molecule has 3 N–H and O–H groups in total. The zero-order chi connectivity index (χ0) is 20.6. The molecule has 162 valence electrons. The largest absolute Gasteiger partial charge is 0.388 e. The quantitative estimate of drug-likeness (QED) is 0.326. The van der Waals surface area contributed by atoms with E-state index >= 15 is 0 Å². The Morgan fingerprint density at radius 2 is 2.11 bits per heavy atom. The normalized spacial score (nSPS) is 28.8. The van der Waals surface area contributed by atoms with Gasteiger partial charge in [-0.2, -0.15) is 0 Å². The molecule has 5 nitrogen and oxygen atoms in total. The van der Waals surface area contributed by atoms with Crippen LogP contribution < -0.4 is 0 Å². The van der Waals surface area contributed by atoms with Gasteiger partial charge in [0, 0.05) is 6.42 Å². The SMILES string of the molecule is CCCC[C@@H](CF)CC=C[C@H]1CC[C@H]2O[C@@H](CCCC(O)(O)C(=O)CO)C[C@H]12. The number of Topliss-reactive ketones (excluding diaryl/α,β-unsaturated/α-hetero) is 1. The number of ketones is 1. The van der Waals surface area contributed by atoms with Crippen molar-refractivity contribution in [3.8, 4) is 0 Å². The number of hydrogen-bond acceptors (Lipinski definition) is 5. The third-order valence-corrected chi connectivity index (χ3v) is 6.39. The second kappa shape index (κ2) is 11.4. The Kier molecular flexibility index (Phi) is 9.54. The first kappa shape index (κ1) is 23.5. The van der Waals surface area contributed by atoms with E-state index in [2.05, 4.69) is 19.1 Å². The molecule has 1 aliphatic carbocycles. The highest BCUT2D eigenvalue weighted by molar-refractivity contribution is 5.86. The van der Waals surface area contributed by atoms with Gasteiger partial charge < -0.3 is 20.1 Å². The van der Waals surface area contributed by atoms with Crippen LogP contribution in [0, 0.1) is 17.8 Å². The molecule has 0 radical (unpaired) electrons. The molecule has 2 rings (SSSR count). The molecule has 28 heavy (non-hydrogen) atoms. The van der Waals surface area contributed by atoms with E-state index in [1.54, 1.807) is 0 Å². The number of aliphatic hydroxyl groups is 3. The predicted molar refractivity (Wildman–Crippen MR) is 105 cm³/mol. The minimum absolute atomic E-state index is 0.0781. The van der Waals surface area contributed by atoms with E-state index < -0.39 is 18.2 Å². The highest BCUT2D eigenvalue weighted by Crippen LogP contribution is 2.45. The van der Waals surface area contributed by atoms with Crippen molar-refractivity contribution in [2.75, 3.05) is 13.3 Å². The number of rotatable bonds is 13. The number of unbranched alkanes of at least 4 members (excludes halogenated alkanes) is 1. The Bertz CT molecular complexity index is 507. The van der Waals surface area contributed by atoms with Crippen molar-refractivity contribution in [1.29, 1.82) is 0 Å². The fourth-order valence-corrected chi connectivity index (χ4v) is 4.63. The summed E-state index contributed by atoms with van der Waals surface area (Å²) in [4.78, 5) is 11.3. The van der Waals surface area contributed by atoms with Crippen LogP contribution >= 0.6 is 0 Å². The standard InChI is InChI=1S/C22H37FO5/c1-2-3-6-16(14-23)7-4-8-17-10-11-20-19(17)13-18(28-20)9-5-12-22(26,27)21(25)15-24/h4,8,16-20,24,26-27H,2-3,5-7,9-15H2,1H3/t16-,17+,18+,19-,20-/m1/s1. The molecular weight excluding hydrogens is 363 g/mol. The number of fused-ring (bicyclic) bond motifs is 1. The molecule has 0 aromatic carbocycles. The van der Waals surface area contributed by atoms with Gasteiger partial charge in [-0.05, 0) is 62.7 Å². The Labute approximate surface area is 168 Å². The average molecular weight is 401 g/mol. The molecule has 0 unspecified atom stereocenters. The Balaban J connectivity index is 1.74. The van der Waals surface area contributed by atoms with Crippen LogP contribution in [0.2, 0.25) is 0 Å². The fraction of sp³-hybridized carbons (Fsp3) is 0.864. The number of ether oxygens (including phenoxy) is 1. The van der Waals surface area contributed by atoms with Crippen molar-refractivity contribution in [3.63, 3.8) is 0 Å². The highest BCUT2D eigenvalue weighted by Gasteiger charge is 2.43. The number of allylic oxidation sites excluding steroid dienone is 2. The van der Waals surface area contributed by atoms with Gasteiger partial charge in [-0.3, -0.25) is 9.18 Å². The van der Waals surface area contributed by atoms with Crippen molar-refractivity contribution < 1.29 is 29.2 Å². The first-order valence-corrected chi connectivity index (χ1v) is 10.9. The van der Waals surface area contributed by atoms with Gasteiger partial charge in [-0.25, -0.2) is 0 Å². The van der Waals surface area contributed by atoms with E-state index in [0.29, 0.717) is 24.7 Å². The van der Waals surface area contributed by atoms with Gasteiger partial charge in [0.2, 0.25) is 11.6 Å². The minimum Gasteiger partial charge on any atom is -0.388 e. The number of carbonyl (C=O) groups excluding carboxylic acids is 1. The van der Waals surface area contributed by atoms with Gasteiger partial charge in [0.1, 0.15) is 6.61 Å². The lowest BCUT2D eigenvalue weighted by Crippen LogP contribution is -2.40. The maximum absolute atomic E-state index is 13.1. The zero-order valence-corrected chi connectivity index (χ0v) is 17.1. The third kappa shape index (κ3) is 6.61. The smallest absolute Gasteiger partial charge is 0.226 e. The summed E-state index contributed by atoms with van der Waals surface area (Å²) in [5.41, 5.74) is 0. The molecular formula is C22H37FO5.